The average Bonchev–Trinajstić information content (AvgIpc) is 2.67. The molecule has 6 heteroatoms. The first-order valence-electron chi connectivity index (χ1n) is 8.63. The molecule has 0 radical (unpaired) electrons. The third-order valence-electron chi connectivity index (χ3n) is 4.49. The molecule has 0 aliphatic carbocycles. The van der Waals surface area contributed by atoms with E-state index in [1.54, 1.807) is 25.3 Å². The average molecular weight is 384 g/mol. The lowest BCUT2D eigenvalue weighted by Gasteiger charge is -2.26. The number of benzene rings is 2. The molecule has 140 valence electrons. The number of pyridine rings is 1. The van der Waals surface area contributed by atoms with Gasteiger partial charge in [-0.3, -0.25) is 4.79 Å². The molecule has 27 heavy (non-hydrogen) atoms. The summed E-state index contributed by atoms with van der Waals surface area (Å²) >= 11 is 5.91. The van der Waals surface area contributed by atoms with Gasteiger partial charge in [-0.15, -0.1) is 0 Å². The second-order valence-corrected chi connectivity index (χ2v) is 6.86. The van der Waals surface area contributed by atoms with Crippen molar-refractivity contribution in [2.75, 3.05) is 27.7 Å². The van der Waals surface area contributed by atoms with Gasteiger partial charge in [-0.05, 0) is 50.5 Å². The zero-order chi connectivity index (χ0) is 19.4. The summed E-state index contributed by atoms with van der Waals surface area (Å²) in [5.74, 6) is 0.674. The van der Waals surface area contributed by atoms with E-state index < -0.39 is 0 Å². The molecule has 2 aromatic carbocycles. The van der Waals surface area contributed by atoms with E-state index in [2.05, 4.69) is 15.2 Å². The number of hydrogen-bond donors (Lipinski definition) is 1. The van der Waals surface area contributed by atoms with Crippen molar-refractivity contribution in [1.29, 1.82) is 0 Å². The Morgan fingerprint density at radius 1 is 1.19 bits per heavy atom. The first-order chi connectivity index (χ1) is 13.0. The fourth-order valence-electron chi connectivity index (χ4n) is 3.05. The van der Waals surface area contributed by atoms with Crippen LogP contribution in [0.3, 0.4) is 0 Å². The lowest BCUT2D eigenvalue weighted by atomic mass is 10.0. The van der Waals surface area contributed by atoms with Crippen LogP contribution in [0.15, 0.2) is 54.6 Å². The standard InChI is InChI=1S/C21H22ClN3O2/c1-25(2)18(16-6-4-5-7-19(16)27-3)13-23-21(26)15-8-10-17-14(12-15)9-11-20(22)24-17/h4-12,18H,13H2,1-3H3,(H,23,26). The summed E-state index contributed by atoms with van der Waals surface area (Å²) in [6.07, 6.45) is 0. The Morgan fingerprint density at radius 3 is 2.70 bits per heavy atom. The van der Waals surface area contributed by atoms with E-state index in [1.807, 2.05) is 50.5 Å². The zero-order valence-corrected chi connectivity index (χ0v) is 16.3. The maximum atomic E-state index is 12.7. The smallest absolute Gasteiger partial charge is 0.251 e. The van der Waals surface area contributed by atoms with Gasteiger partial charge in [0.15, 0.2) is 0 Å². The summed E-state index contributed by atoms with van der Waals surface area (Å²) in [6, 6.07) is 16.8. The van der Waals surface area contributed by atoms with Gasteiger partial charge in [-0.25, -0.2) is 4.98 Å². The highest BCUT2D eigenvalue weighted by Gasteiger charge is 2.19. The van der Waals surface area contributed by atoms with E-state index in [1.165, 1.54) is 0 Å². The molecule has 1 heterocycles. The Morgan fingerprint density at radius 2 is 1.96 bits per heavy atom. The van der Waals surface area contributed by atoms with Crippen LogP contribution in [-0.2, 0) is 0 Å². The Balaban J connectivity index is 1.77. The van der Waals surface area contributed by atoms with Crippen LogP contribution in [0.4, 0.5) is 0 Å². The molecule has 0 saturated carbocycles. The van der Waals surface area contributed by atoms with Crippen LogP contribution < -0.4 is 10.1 Å². The molecule has 0 spiro atoms. The van der Waals surface area contributed by atoms with Crippen LogP contribution in [0.5, 0.6) is 5.75 Å². The molecule has 1 amide bonds. The van der Waals surface area contributed by atoms with Gasteiger partial charge in [-0.1, -0.05) is 29.8 Å². The summed E-state index contributed by atoms with van der Waals surface area (Å²) in [6.45, 7) is 0.461. The van der Waals surface area contributed by atoms with Crippen molar-refractivity contribution >= 4 is 28.4 Å². The van der Waals surface area contributed by atoms with Gasteiger partial charge in [0.2, 0.25) is 0 Å². The summed E-state index contributed by atoms with van der Waals surface area (Å²) < 4.78 is 5.47. The molecule has 0 bridgehead atoms. The third kappa shape index (κ3) is 4.38. The first kappa shape index (κ1) is 19.1. The van der Waals surface area contributed by atoms with Crippen LogP contribution in [0.25, 0.3) is 10.9 Å². The van der Waals surface area contributed by atoms with E-state index in [0.717, 1.165) is 22.2 Å². The fourth-order valence-corrected chi connectivity index (χ4v) is 3.20. The highest BCUT2D eigenvalue weighted by Crippen LogP contribution is 2.27. The Hall–Kier alpha value is -2.63. The second kappa shape index (κ2) is 8.37. The number of methoxy groups -OCH3 is 1. The van der Waals surface area contributed by atoms with Crippen molar-refractivity contribution in [3.05, 3.63) is 70.9 Å². The van der Waals surface area contributed by atoms with Crippen LogP contribution in [-0.4, -0.2) is 43.5 Å². The van der Waals surface area contributed by atoms with Crippen molar-refractivity contribution in [2.45, 2.75) is 6.04 Å². The normalized spacial score (nSPS) is 12.2. The summed E-state index contributed by atoms with van der Waals surface area (Å²) in [5, 5.41) is 4.33. The lowest BCUT2D eigenvalue weighted by Crippen LogP contribution is -2.34. The molecule has 1 atom stereocenters. The number of fused-ring (bicyclic) bond motifs is 1. The topological polar surface area (TPSA) is 54.5 Å². The molecule has 0 saturated heterocycles. The van der Waals surface area contributed by atoms with Crippen molar-refractivity contribution in [1.82, 2.24) is 15.2 Å². The molecule has 1 unspecified atom stereocenters. The predicted octanol–water partition coefficient (Wildman–Crippen LogP) is 3.93. The molecule has 1 aromatic heterocycles. The maximum absolute atomic E-state index is 12.7. The summed E-state index contributed by atoms with van der Waals surface area (Å²) in [7, 11) is 5.61. The molecule has 1 N–H and O–H groups in total. The number of aromatic nitrogens is 1. The van der Waals surface area contributed by atoms with Crippen LogP contribution in [0.2, 0.25) is 5.15 Å². The van der Waals surface area contributed by atoms with Gasteiger partial charge in [0.1, 0.15) is 10.9 Å². The third-order valence-corrected chi connectivity index (χ3v) is 4.71. The lowest BCUT2D eigenvalue weighted by molar-refractivity contribution is 0.0941. The minimum atomic E-state index is -0.131. The first-order valence-corrected chi connectivity index (χ1v) is 9.01. The highest BCUT2D eigenvalue weighted by atomic mass is 35.5. The fraction of sp³-hybridized carbons (Fsp3) is 0.238. The van der Waals surface area contributed by atoms with Crippen LogP contribution in [0.1, 0.15) is 22.0 Å². The molecule has 0 aliphatic rings. The van der Waals surface area contributed by atoms with Crippen molar-refractivity contribution in [2.24, 2.45) is 0 Å². The number of halogens is 1. The molecule has 3 rings (SSSR count). The molecular weight excluding hydrogens is 362 g/mol. The molecule has 3 aromatic rings. The summed E-state index contributed by atoms with van der Waals surface area (Å²) in [4.78, 5) is 19.0. The number of carbonyl (C=O) groups excluding carboxylic acids is 1. The number of nitrogens with zero attached hydrogens (tertiary/aromatic N) is 2. The second-order valence-electron chi connectivity index (χ2n) is 6.47. The number of para-hydroxylation sites is 1. The number of amides is 1. The van der Waals surface area contributed by atoms with E-state index in [4.69, 9.17) is 16.3 Å². The van der Waals surface area contributed by atoms with Gasteiger partial charge in [-0.2, -0.15) is 0 Å². The number of likely N-dealkylation sites (N-methyl/N-ethyl adjacent to an activating group) is 1. The SMILES string of the molecule is COc1ccccc1C(CNC(=O)c1ccc2nc(Cl)ccc2c1)N(C)C. The minimum absolute atomic E-state index is 0.00831. The largest absolute Gasteiger partial charge is 0.496 e. The van der Waals surface area contributed by atoms with Gasteiger partial charge >= 0.3 is 0 Å². The van der Waals surface area contributed by atoms with Gasteiger partial charge in [0, 0.05) is 23.1 Å². The molecule has 0 fully saturated rings. The number of ether oxygens (including phenoxy) is 1. The minimum Gasteiger partial charge on any atom is -0.496 e. The van der Waals surface area contributed by atoms with Crippen molar-refractivity contribution in [3.8, 4) is 5.75 Å². The van der Waals surface area contributed by atoms with Crippen molar-refractivity contribution < 1.29 is 9.53 Å². The van der Waals surface area contributed by atoms with E-state index >= 15 is 0 Å². The Bertz CT molecular complexity index is 959. The Kier molecular flexibility index (Phi) is 5.94. The van der Waals surface area contributed by atoms with E-state index in [0.29, 0.717) is 17.3 Å². The number of rotatable bonds is 6. The zero-order valence-electron chi connectivity index (χ0n) is 15.6. The molecule has 0 aliphatic heterocycles. The summed E-state index contributed by atoms with van der Waals surface area (Å²) in [5.41, 5.74) is 2.38. The van der Waals surface area contributed by atoms with Crippen LogP contribution in [0, 0.1) is 0 Å². The number of hydrogen-bond acceptors (Lipinski definition) is 4. The molecular formula is C21H22ClN3O2. The Labute approximate surface area is 163 Å². The van der Waals surface area contributed by atoms with Crippen LogP contribution >= 0.6 is 11.6 Å². The number of carbonyl (C=O) groups is 1. The molecule has 5 nitrogen and oxygen atoms in total. The highest BCUT2D eigenvalue weighted by molar-refractivity contribution is 6.29. The van der Waals surface area contributed by atoms with Gasteiger partial charge in [0.05, 0.1) is 18.7 Å². The van der Waals surface area contributed by atoms with E-state index in [9.17, 15) is 4.79 Å². The number of nitrogens with one attached hydrogen (secondary N) is 1. The quantitative estimate of drug-likeness (QED) is 0.655. The monoisotopic (exact) mass is 383 g/mol. The maximum Gasteiger partial charge on any atom is 0.251 e. The van der Waals surface area contributed by atoms with Crippen molar-refractivity contribution in [3.63, 3.8) is 0 Å². The van der Waals surface area contributed by atoms with E-state index in [-0.39, 0.29) is 11.9 Å². The predicted molar refractivity (Wildman–Crippen MR) is 109 cm³/mol. The van der Waals surface area contributed by atoms with Gasteiger partial charge in [0.25, 0.3) is 5.91 Å². The van der Waals surface area contributed by atoms with Gasteiger partial charge < -0.3 is 15.0 Å².